The smallest absolute Gasteiger partial charge is 0.409 e. The van der Waals surface area contributed by atoms with Crippen LogP contribution in [0.4, 0.5) is 4.79 Å². The highest BCUT2D eigenvalue weighted by Crippen LogP contribution is 2.35. The molecule has 1 aliphatic rings. The van der Waals surface area contributed by atoms with Crippen LogP contribution < -0.4 is 9.47 Å². The summed E-state index contributed by atoms with van der Waals surface area (Å²) in [4.78, 5) is 12.6. The van der Waals surface area contributed by atoms with E-state index in [9.17, 15) is 4.79 Å². The standard InChI is InChI=1S/C11H13NO4/c1-12(2)11(13)14-6-8-4-3-5-9-10(8)16-7-15-9/h3-5H,6-7H2,1-2H3. The fraction of sp³-hybridized carbons (Fsp3) is 0.364. The van der Waals surface area contributed by atoms with Crippen molar-refractivity contribution in [3.63, 3.8) is 0 Å². The van der Waals surface area contributed by atoms with Crippen LogP contribution >= 0.6 is 0 Å². The summed E-state index contributed by atoms with van der Waals surface area (Å²) in [7, 11) is 3.27. The SMILES string of the molecule is CN(C)C(=O)OCc1cccc2c1OCO2. The second-order valence-electron chi connectivity index (χ2n) is 3.60. The van der Waals surface area contributed by atoms with Crippen molar-refractivity contribution < 1.29 is 19.0 Å². The number of fused-ring (bicyclic) bond motifs is 1. The lowest BCUT2D eigenvalue weighted by atomic mass is 10.2. The van der Waals surface area contributed by atoms with Gasteiger partial charge in [-0.2, -0.15) is 0 Å². The molecule has 0 fully saturated rings. The first kappa shape index (κ1) is 10.6. The van der Waals surface area contributed by atoms with Gasteiger partial charge in [0.05, 0.1) is 0 Å². The summed E-state index contributed by atoms with van der Waals surface area (Å²) in [6, 6.07) is 5.50. The van der Waals surface area contributed by atoms with E-state index in [1.165, 1.54) is 4.90 Å². The van der Waals surface area contributed by atoms with Crippen molar-refractivity contribution in [1.29, 1.82) is 0 Å². The highest BCUT2D eigenvalue weighted by molar-refractivity contribution is 5.67. The molecule has 0 saturated heterocycles. The molecular formula is C11H13NO4. The molecule has 5 heteroatoms. The molecule has 0 radical (unpaired) electrons. The van der Waals surface area contributed by atoms with Gasteiger partial charge in [0.15, 0.2) is 11.5 Å². The Bertz CT molecular complexity index is 403. The van der Waals surface area contributed by atoms with E-state index in [1.54, 1.807) is 14.1 Å². The van der Waals surface area contributed by atoms with Gasteiger partial charge in [-0.3, -0.25) is 0 Å². The number of benzene rings is 1. The summed E-state index contributed by atoms with van der Waals surface area (Å²) >= 11 is 0. The Labute approximate surface area is 93.5 Å². The summed E-state index contributed by atoms with van der Waals surface area (Å²) < 4.78 is 15.6. The molecule has 2 rings (SSSR count). The number of carbonyl (C=O) groups excluding carboxylic acids is 1. The number of rotatable bonds is 2. The first-order chi connectivity index (χ1) is 7.68. The first-order valence-corrected chi connectivity index (χ1v) is 4.90. The molecule has 5 nitrogen and oxygen atoms in total. The minimum Gasteiger partial charge on any atom is -0.454 e. The molecule has 1 amide bonds. The highest BCUT2D eigenvalue weighted by Gasteiger charge is 2.18. The number of nitrogens with zero attached hydrogens (tertiary/aromatic N) is 1. The minimum atomic E-state index is -0.378. The molecule has 0 saturated carbocycles. The van der Waals surface area contributed by atoms with Crippen LogP contribution in [0, 0.1) is 0 Å². The van der Waals surface area contributed by atoms with E-state index >= 15 is 0 Å². The lowest BCUT2D eigenvalue weighted by molar-refractivity contribution is 0.110. The minimum absolute atomic E-state index is 0.184. The first-order valence-electron chi connectivity index (χ1n) is 4.90. The second-order valence-corrected chi connectivity index (χ2v) is 3.60. The Balaban J connectivity index is 2.05. The van der Waals surface area contributed by atoms with Crippen LogP contribution in [0.15, 0.2) is 18.2 Å². The van der Waals surface area contributed by atoms with Gasteiger partial charge in [0.1, 0.15) is 6.61 Å². The quantitative estimate of drug-likeness (QED) is 0.764. The van der Waals surface area contributed by atoms with Crippen LogP contribution in [0.5, 0.6) is 11.5 Å². The zero-order chi connectivity index (χ0) is 11.5. The second kappa shape index (κ2) is 4.30. The average Bonchev–Trinajstić information content (AvgIpc) is 2.73. The van der Waals surface area contributed by atoms with Gasteiger partial charge in [-0.1, -0.05) is 12.1 Å². The normalized spacial score (nSPS) is 12.4. The molecule has 0 unspecified atom stereocenters. The molecule has 0 aromatic heterocycles. The Hall–Kier alpha value is -1.91. The molecule has 0 spiro atoms. The molecule has 86 valence electrons. The third-order valence-electron chi connectivity index (χ3n) is 2.19. The van der Waals surface area contributed by atoms with E-state index in [0.717, 1.165) is 5.56 Å². The van der Waals surface area contributed by atoms with Crippen LogP contribution in [-0.2, 0) is 11.3 Å². The van der Waals surface area contributed by atoms with Gasteiger partial charge < -0.3 is 19.1 Å². The fourth-order valence-electron chi connectivity index (χ4n) is 1.37. The van der Waals surface area contributed by atoms with Crippen molar-refractivity contribution in [1.82, 2.24) is 4.90 Å². The van der Waals surface area contributed by atoms with Gasteiger partial charge >= 0.3 is 6.09 Å². The molecule has 0 N–H and O–H groups in total. The molecule has 1 aliphatic heterocycles. The van der Waals surface area contributed by atoms with Crippen LogP contribution in [0.25, 0.3) is 0 Å². The molecule has 1 aromatic carbocycles. The third kappa shape index (κ3) is 2.03. The maximum absolute atomic E-state index is 11.2. The Morgan fingerprint density at radius 2 is 2.25 bits per heavy atom. The Kier molecular flexibility index (Phi) is 2.85. The van der Waals surface area contributed by atoms with Gasteiger partial charge in [-0.25, -0.2) is 4.79 Å². The van der Waals surface area contributed by atoms with E-state index in [2.05, 4.69) is 0 Å². The van der Waals surface area contributed by atoms with Gasteiger partial charge in [-0.05, 0) is 6.07 Å². The average molecular weight is 223 g/mol. The van der Waals surface area contributed by atoms with E-state index in [4.69, 9.17) is 14.2 Å². The van der Waals surface area contributed by atoms with Gasteiger partial charge in [-0.15, -0.1) is 0 Å². The zero-order valence-corrected chi connectivity index (χ0v) is 9.23. The lowest BCUT2D eigenvalue weighted by Crippen LogP contribution is -2.22. The lowest BCUT2D eigenvalue weighted by Gasteiger charge is -2.11. The Morgan fingerprint density at radius 1 is 1.44 bits per heavy atom. The van der Waals surface area contributed by atoms with Crippen molar-refractivity contribution in [2.45, 2.75) is 6.61 Å². The molecule has 16 heavy (non-hydrogen) atoms. The molecule has 1 heterocycles. The van der Waals surface area contributed by atoms with Crippen LogP contribution in [0.1, 0.15) is 5.56 Å². The Morgan fingerprint density at radius 3 is 3.00 bits per heavy atom. The zero-order valence-electron chi connectivity index (χ0n) is 9.23. The predicted molar refractivity (Wildman–Crippen MR) is 56.4 cm³/mol. The maximum Gasteiger partial charge on any atom is 0.409 e. The third-order valence-corrected chi connectivity index (χ3v) is 2.19. The van der Waals surface area contributed by atoms with Crippen LogP contribution in [0.3, 0.4) is 0 Å². The monoisotopic (exact) mass is 223 g/mol. The molecule has 0 atom stereocenters. The number of amides is 1. The van der Waals surface area contributed by atoms with Crippen molar-refractivity contribution in [2.75, 3.05) is 20.9 Å². The van der Waals surface area contributed by atoms with Gasteiger partial charge in [0.2, 0.25) is 6.79 Å². The van der Waals surface area contributed by atoms with Crippen LogP contribution in [-0.4, -0.2) is 31.9 Å². The number of ether oxygens (including phenoxy) is 3. The van der Waals surface area contributed by atoms with Crippen molar-refractivity contribution >= 4 is 6.09 Å². The largest absolute Gasteiger partial charge is 0.454 e. The maximum atomic E-state index is 11.2. The van der Waals surface area contributed by atoms with Gasteiger partial charge in [0, 0.05) is 19.7 Å². The summed E-state index contributed by atoms with van der Waals surface area (Å²) in [5, 5.41) is 0. The van der Waals surface area contributed by atoms with E-state index in [0.29, 0.717) is 11.5 Å². The van der Waals surface area contributed by atoms with Gasteiger partial charge in [0.25, 0.3) is 0 Å². The number of carbonyl (C=O) groups is 1. The predicted octanol–water partition coefficient (Wildman–Crippen LogP) is 1.61. The molecule has 1 aromatic rings. The number of hydrogen-bond donors (Lipinski definition) is 0. The van der Waals surface area contributed by atoms with Crippen molar-refractivity contribution in [3.05, 3.63) is 23.8 Å². The number of hydrogen-bond acceptors (Lipinski definition) is 4. The topological polar surface area (TPSA) is 48.0 Å². The summed E-state index contributed by atoms with van der Waals surface area (Å²) in [6.45, 7) is 0.400. The number of para-hydroxylation sites is 1. The van der Waals surface area contributed by atoms with Crippen molar-refractivity contribution in [3.8, 4) is 11.5 Å². The molecule has 0 aliphatic carbocycles. The summed E-state index contributed by atoms with van der Waals surface area (Å²) in [6.07, 6.45) is -0.378. The molecule has 0 bridgehead atoms. The summed E-state index contributed by atoms with van der Waals surface area (Å²) in [5.74, 6) is 1.35. The molecular weight excluding hydrogens is 210 g/mol. The van der Waals surface area contributed by atoms with Crippen molar-refractivity contribution in [2.24, 2.45) is 0 Å². The van der Waals surface area contributed by atoms with Crippen LogP contribution in [0.2, 0.25) is 0 Å². The highest BCUT2D eigenvalue weighted by atomic mass is 16.7. The summed E-state index contributed by atoms with van der Waals surface area (Å²) in [5.41, 5.74) is 0.810. The fourth-order valence-corrected chi connectivity index (χ4v) is 1.37. The van der Waals surface area contributed by atoms with E-state index in [1.807, 2.05) is 18.2 Å². The van der Waals surface area contributed by atoms with E-state index < -0.39 is 0 Å². The van der Waals surface area contributed by atoms with E-state index in [-0.39, 0.29) is 19.5 Å².